The Morgan fingerprint density at radius 1 is 1.55 bits per heavy atom. The van der Waals surface area contributed by atoms with Crippen molar-refractivity contribution in [2.45, 2.75) is 11.3 Å². The molecule has 1 fully saturated rings. The molecule has 0 bridgehead atoms. The van der Waals surface area contributed by atoms with E-state index in [1.807, 2.05) is 0 Å². The predicted molar refractivity (Wildman–Crippen MR) is 80.2 cm³/mol. The lowest BCUT2D eigenvalue weighted by atomic mass is 10.0. The lowest BCUT2D eigenvalue weighted by Gasteiger charge is -2.23. The number of hydrogen-bond donors (Lipinski definition) is 1. The highest BCUT2D eigenvalue weighted by Gasteiger charge is 2.43. The number of hydrogen-bond acceptors (Lipinski definition) is 6. The van der Waals surface area contributed by atoms with Crippen LogP contribution >= 0.6 is 0 Å². The molecule has 0 amide bonds. The largest absolute Gasteiger partial charge is 0.383 e. The number of hydroxylamine groups is 2. The normalized spacial score (nSPS) is 22.6. The molecule has 0 spiro atoms. The molecule has 1 aliphatic rings. The first-order chi connectivity index (χ1) is 10.5. The summed E-state index contributed by atoms with van der Waals surface area (Å²) in [4.78, 5) is 5.40. The summed E-state index contributed by atoms with van der Waals surface area (Å²) in [6.45, 7) is 0.585. The van der Waals surface area contributed by atoms with Gasteiger partial charge in [0.15, 0.2) is 0 Å². The van der Waals surface area contributed by atoms with Gasteiger partial charge in [-0.05, 0) is 17.7 Å². The van der Waals surface area contributed by atoms with E-state index in [1.54, 1.807) is 31.3 Å². The SMILES string of the molecule is COCCNS(=O)(=O)C1CON(C)C1c1cccc(C#N)c1. The fraction of sp³-hybridized carbons (Fsp3) is 0.500. The number of benzene rings is 1. The lowest BCUT2D eigenvalue weighted by Crippen LogP contribution is -2.40. The van der Waals surface area contributed by atoms with Crippen LogP contribution in [0.1, 0.15) is 17.2 Å². The first-order valence-electron chi connectivity index (χ1n) is 6.83. The Labute approximate surface area is 130 Å². The molecule has 2 atom stereocenters. The average Bonchev–Trinajstić information content (AvgIpc) is 2.90. The number of ether oxygens (including phenoxy) is 1. The molecule has 0 radical (unpaired) electrons. The van der Waals surface area contributed by atoms with E-state index in [0.29, 0.717) is 12.2 Å². The molecule has 1 heterocycles. The third-order valence-electron chi connectivity index (χ3n) is 3.55. The van der Waals surface area contributed by atoms with Gasteiger partial charge < -0.3 is 4.74 Å². The van der Waals surface area contributed by atoms with Crippen molar-refractivity contribution in [2.24, 2.45) is 0 Å². The topological polar surface area (TPSA) is 91.7 Å². The van der Waals surface area contributed by atoms with Crippen molar-refractivity contribution in [3.63, 3.8) is 0 Å². The molecule has 1 aromatic carbocycles. The van der Waals surface area contributed by atoms with E-state index >= 15 is 0 Å². The first-order valence-corrected chi connectivity index (χ1v) is 8.37. The molecule has 1 N–H and O–H groups in total. The second kappa shape index (κ2) is 7.17. The Morgan fingerprint density at radius 3 is 3.00 bits per heavy atom. The van der Waals surface area contributed by atoms with Crippen molar-refractivity contribution in [3.05, 3.63) is 35.4 Å². The number of nitrogens with one attached hydrogen (secondary N) is 1. The highest BCUT2D eigenvalue weighted by atomic mass is 32.2. The molecular weight excluding hydrogens is 306 g/mol. The standard InChI is InChI=1S/C14H19N3O4S/c1-17-14(12-5-3-4-11(8-12)9-15)13(10-21-17)22(18,19)16-6-7-20-2/h3-5,8,13-14,16H,6-7,10H2,1-2H3. The smallest absolute Gasteiger partial charge is 0.218 e. The zero-order valence-corrected chi connectivity index (χ0v) is 13.3. The Morgan fingerprint density at radius 2 is 2.32 bits per heavy atom. The quantitative estimate of drug-likeness (QED) is 0.762. The van der Waals surface area contributed by atoms with Crippen LogP contribution in [0.2, 0.25) is 0 Å². The van der Waals surface area contributed by atoms with E-state index < -0.39 is 21.3 Å². The maximum Gasteiger partial charge on any atom is 0.218 e. The maximum absolute atomic E-state index is 12.5. The number of rotatable bonds is 6. The van der Waals surface area contributed by atoms with Crippen molar-refractivity contribution in [1.82, 2.24) is 9.79 Å². The van der Waals surface area contributed by atoms with Gasteiger partial charge in [0.25, 0.3) is 0 Å². The molecule has 2 rings (SSSR count). The molecule has 2 unspecified atom stereocenters. The zero-order chi connectivity index (χ0) is 16.2. The van der Waals surface area contributed by atoms with Crippen LogP contribution < -0.4 is 4.72 Å². The van der Waals surface area contributed by atoms with E-state index in [9.17, 15) is 8.42 Å². The van der Waals surface area contributed by atoms with Crippen LogP contribution in [-0.2, 0) is 19.6 Å². The van der Waals surface area contributed by atoms with Crippen LogP contribution in [-0.4, -0.2) is 52.6 Å². The van der Waals surface area contributed by atoms with Crippen LogP contribution in [0.4, 0.5) is 0 Å². The summed E-state index contributed by atoms with van der Waals surface area (Å²) in [6.07, 6.45) is 0. The summed E-state index contributed by atoms with van der Waals surface area (Å²) < 4.78 is 32.3. The monoisotopic (exact) mass is 325 g/mol. The van der Waals surface area contributed by atoms with Crippen LogP contribution in [0.3, 0.4) is 0 Å². The summed E-state index contributed by atoms with van der Waals surface area (Å²) in [5, 5.41) is 9.78. The molecule has 0 aliphatic carbocycles. The zero-order valence-electron chi connectivity index (χ0n) is 12.5. The van der Waals surface area contributed by atoms with E-state index in [-0.39, 0.29) is 13.2 Å². The van der Waals surface area contributed by atoms with Crippen LogP contribution in [0.5, 0.6) is 0 Å². The molecule has 1 aliphatic heterocycles. The summed E-state index contributed by atoms with van der Waals surface area (Å²) >= 11 is 0. The third kappa shape index (κ3) is 3.63. The maximum atomic E-state index is 12.5. The average molecular weight is 325 g/mol. The number of sulfonamides is 1. The van der Waals surface area contributed by atoms with Gasteiger partial charge in [-0.15, -0.1) is 0 Å². The lowest BCUT2D eigenvalue weighted by molar-refractivity contribution is -0.110. The first kappa shape index (κ1) is 16.9. The van der Waals surface area contributed by atoms with Gasteiger partial charge in [0.1, 0.15) is 5.25 Å². The van der Waals surface area contributed by atoms with Gasteiger partial charge in [-0.1, -0.05) is 12.1 Å². The van der Waals surface area contributed by atoms with E-state index in [2.05, 4.69) is 10.8 Å². The molecule has 1 saturated heterocycles. The van der Waals surface area contributed by atoms with Crippen molar-refractivity contribution >= 4 is 10.0 Å². The summed E-state index contributed by atoms with van der Waals surface area (Å²) in [5.74, 6) is 0. The van der Waals surface area contributed by atoms with Gasteiger partial charge in [-0.2, -0.15) is 10.3 Å². The molecule has 7 nitrogen and oxygen atoms in total. The number of methoxy groups -OCH3 is 1. The van der Waals surface area contributed by atoms with Crippen molar-refractivity contribution in [3.8, 4) is 6.07 Å². The minimum atomic E-state index is -3.56. The fourth-order valence-corrected chi connectivity index (χ4v) is 3.96. The van der Waals surface area contributed by atoms with Crippen LogP contribution in [0, 0.1) is 11.3 Å². The van der Waals surface area contributed by atoms with Gasteiger partial charge in [0.05, 0.1) is 30.9 Å². The number of nitriles is 1. The molecule has 0 aromatic heterocycles. The van der Waals surface area contributed by atoms with Gasteiger partial charge in [0, 0.05) is 20.7 Å². The van der Waals surface area contributed by atoms with Crippen LogP contribution in [0.15, 0.2) is 24.3 Å². The second-order valence-corrected chi connectivity index (χ2v) is 6.98. The number of nitrogens with zero attached hydrogens (tertiary/aromatic N) is 2. The Balaban J connectivity index is 2.26. The van der Waals surface area contributed by atoms with Crippen molar-refractivity contribution in [1.29, 1.82) is 5.26 Å². The molecule has 8 heteroatoms. The minimum absolute atomic E-state index is 0.0697. The van der Waals surface area contributed by atoms with Gasteiger partial charge >= 0.3 is 0 Å². The van der Waals surface area contributed by atoms with E-state index in [0.717, 1.165) is 5.56 Å². The third-order valence-corrected chi connectivity index (χ3v) is 5.35. The molecule has 22 heavy (non-hydrogen) atoms. The van der Waals surface area contributed by atoms with E-state index in [1.165, 1.54) is 12.2 Å². The van der Waals surface area contributed by atoms with Gasteiger partial charge in [0.2, 0.25) is 10.0 Å². The Bertz CT molecular complexity index is 656. The van der Waals surface area contributed by atoms with Gasteiger partial charge in [-0.3, -0.25) is 4.84 Å². The Hall–Kier alpha value is -1.50. The summed E-state index contributed by atoms with van der Waals surface area (Å²) in [5.41, 5.74) is 1.22. The van der Waals surface area contributed by atoms with Crippen LogP contribution in [0.25, 0.3) is 0 Å². The fourth-order valence-electron chi connectivity index (χ4n) is 2.47. The molecule has 1 aromatic rings. The molecular formula is C14H19N3O4S. The highest BCUT2D eigenvalue weighted by molar-refractivity contribution is 7.90. The minimum Gasteiger partial charge on any atom is -0.383 e. The molecule has 0 saturated carbocycles. The predicted octanol–water partition coefficient (Wildman–Crippen LogP) is 0.411. The highest BCUT2D eigenvalue weighted by Crippen LogP contribution is 2.33. The molecule has 120 valence electrons. The van der Waals surface area contributed by atoms with Crippen molar-refractivity contribution < 1.29 is 18.0 Å². The second-order valence-electron chi connectivity index (χ2n) is 4.99. The Kier molecular flexibility index (Phi) is 5.50. The van der Waals surface area contributed by atoms with E-state index in [4.69, 9.17) is 14.8 Å². The summed E-state index contributed by atoms with van der Waals surface area (Å²) in [7, 11) is -0.362. The van der Waals surface area contributed by atoms with Gasteiger partial charge in [-0.25, -0.2) is 13.1 Å². The summed E-state index contributed by atoms with van der Waals surface area (Å²) in [6, 6.07) is 8.50. The van der Waals surface area contributed by atoms with Crippen molar-refractivity contribution in [2.75, 3.05) is 33.9 Å².